The molecule has 0 radical (unpaired) electrons. The SMILES string of the molecule is CC(=O)OC(C)CC(C)(C)C1CCC(C(C)C)CC1. The molecular formula is C17H32O2. The third-order valence-electron chi connectivity index (χ3n) is 5.00. The predicted octanol–water partition coefficient (Wildman–Crippen LogP) is 4.82. The fraction of sp³-hybridized carbons (Fsp3) is 0.941. The van der Waals surface area contributed by atoms with Crippen LogP contribution in [0.3, 0.4) is 0 Å². The lowest BCUT2D eigenvalue weighted by Gasteiger charge is -2.41. The summed E-state index contributed by atoms with van der Waals surface area (Å²) in [6, 6.07) is 0. The summed E-state index contributed by atoms with van der Waals surface area (Å²) in [5.41, 5.74) is 0.275. The standard InChI is InChI=1S/C17H32O2/c1-12(2)15-7-9-16(10-8-15)17(5,6)11-13(3)19-14(4)18/h12-13,15-16H,7-11H2,1-6H3. The molecule has 1 aliphatic rings. The Kier molecular flexibility index (Phi) is 5.88. The van der Waals surface area contributed by atoms with Crippen LogP contribution in [0.15, 0.2) is 0 Å². The number of rotatable bonds is 5. The summed E-state index contributed by atoms with van der Waals surface area (Å²) in [6.45, 7) is 12.9. The van der Waals surface area contributed by atoms with Crippen molar-refractivity contribution >= 4 is 5.97 Å². The molecule has 0 bridgehead atoms. The maximum absolute atomic E-state index is 11.0. The highest BCUT2D eigenvalue weighted by molar-refractivity contribution is 5.66. The normalized spacial score (nSPS) is 26.3. The topological polar surface area (TPSA) is 26.3 Å². The Labute approximate surface area is 119 Å². The molecule has 0 spiro atoms. The Bertz CT molecular complexity index is 286. The van der Waals surface area contributed by atoms with E-state index in [1.807, 2.05) is 6.92 Å². The molecule has 1 saturated carbocycles. The van der Waals surface area contributed by atoms with Crippen LogP contribution in [0.2, 0.25) is 0 Å². The van der Waals surface area contributed by atoms with Gasteiger partial charge in [-0.3, -0.25) is 4.79 Å². The highest BCUT2D eigenvalue weighted by Gasteiger charge is 2.35. The Morgan fingerprint density at radius 2 is 1.68 bits per heavy atom. The molecule has 0 aromatic rings. The summed E-state index contributed by atoms with van der Waals surface area (Å²) in [7, 11) is 0. The van der Waals surface area contributed by atoms with Gasteiger partial charge in [-0.1, -0.05) is 27.7 Å². The predicted molar refractivity (Wildman–Crippen MR) is 79.9 cm³/mol. The van der Waals surface area contributed by atoms with E-state index >= 15 is 0 Å². The minimum absolute atomic E-state index is 0.0373. The van der Waals surface area contributed by atoms with Gasteiger partial charge >= 0.3 is 5.97 Å². The van der Waals surface area contributed by atoms with Crippen LogP contribution in [0.4, 0.5) is 0 Å². The summed E-state index contributed by atoms with van der Waals surface area (Å²) in [4.78, 5) is 11.0. The molecule has 2 heteroatoms. The van der Waals surface area contributed by atoms with Crippen LogP contribution in [0.25, 0.3) is 0 Å². The Hall–Kier alpha value is -0.530. The van der Waals surface area contributed by atoms with Crippen molar-refractivity contribution in [1.82, 2.24) is 0 Å². The van der Waals surface area contributed by atoms with Crippen molar-refractivity contribution in [3.63, 3.8) is 0 Å². The molecule has 112 valence electrons. The molecule has 0 aliphatic heterocycles. The van der Waals surface area contributed by atoms with Gasteiger partial charge in [0.05, 0.1) is 6.10 Å². The molecule has 1 rings (SSSR count). The monoisotopic (exact) mass is 268 g/mol. The fourth-order valence-corrected chi connectivity index (χ4v) is 3.80. The van der Waals surface area contributed by atoms with E-state index in [2.05, 4.69) is 27.7 Å². The van der Waals surface area contributed by atoms with E-state index in [4.69, 9.17) is 4.74 Å². The smallest absolute Gasteiger partial charge is 0.302 e. The number of esters is 1. The van der Waals surface area contributed by atoms with Gasteiger partial charge in [-0.2, -0.15) is 0 Å². The number of carbonyl (C=O) groups is 1. The first-order valence-corrected chi connectivity index (χ1v) is 7.89. The summed E-state index contributed by atoms with van der Waals surface area (Å²) in [5.74, 6) is 2.36. The maximum Gasteiger partial charge on any atom is 0.302 e. The molecule has 0 aromatic carbocycles. The highest BCUT2D eigenvalue weighted by atomic mass is 16.5. The summed E-state index contributed by atoms with van der Waals surface area (Å²) in [6.07, 6.45) is 6.42. The molecule has 0 saturated heterocycles. The van der Waals surface area contributed by atoms with Gasteiger partial charge in [0, 0.05) is 6.92 Å². The number of ether oxygens (including phenoxy) is 1. The molecule has 1 atom stereocenters. The van der Waals surface area contributed by atoms with Gasteiger partial charge in [0.1, 0.15) is 0 Å². The first kappa shape index (κ1) is 16.5. The van der Waals surface area contributed by atoms with Gasteiger partial charge in [0.2, 0.25) is 0 Å². The largest absolute Gasteiger partial charge is 0.463 e. The minimum Gasteiger partial charge on any atom is -0.463 e. The molecule has 1 aliphatic carbocycles. The third-order valence-corrected chi connectivity index (χ3v) is 5.00. The third kappa shape index (κ3) is 5.16. The van der Waals surface area contributed by atoms with E-state index in [9.17, 15) is 4.79 Å². The fourth-order valence-electron chi connectivity index (χ4n) is 3.80. The zero-order chi connectivity index (χ0) is 14.6. The lowest BCUT2D eigenvalue weighted by molar-refractivity contribution is -0.147. The second-order valence-corrected chi connectivity index (χ2v) is 7.47. The zero-order valence-corrected chi connectivity index (χ0v) is 13.7. The zero-order valence-electron chi connectivity index (χ0n) is 13.7. The van der Waals surface area contributed by atoms with E-state index in [-0.39, 0.29) is 17.5 Å². The second kappa shape index (κ2) is 6.76. The molecule has 1 unspecified atom stereocenters. The van der Waals surface area contributed by atoms with Crippen LogP contribution >= 0.6 is 0 Å². The summed E-state index contributed by atoms with van der Waals surface area (Å²) >= 11 is 0. The van der Waals surface area contributed by atoms with Crippen molar-refractivity contribution in [2.75, 3.05) is 0 Å². The Morgan fingerprint density at radius 3 is 2.11 bits per heavy atom. The van der Waals surface area contributed by atoms with Crippen molar-refractivity contribution in [1.29, 1.82) is 0 Å². The Balaban J connectivity index is 2.47. The molecule has 2 nitrogen and oxygen atoms in total. The van der Waals surface area contributed by atoms with Crippen molar-refractivity contribution in [2.45, 2.75) is 79.8 Å². The van der Waals surface area contributed by atoms with E-state index in [1.165, 1.54) is 32.6 Å². The van der Waals surface area contributed by atoms with Crippen LogP contribution in [0.1, 0.15) is 73.6 Å². The number of carbonyl (C=O) groups excluding carboxylic acids is 1. The first-order chi connectivity index (χ1) is 8.72. The van der Waals surface area contributed by atoms with Crippen molar-refractivity contribution in [2.24, 2.45) is 23.2 Å². The van der Waals surface area contributed by atoms with E-state index in [0.29, 0.717) is 0 Å². The van der Waals surface area contributed by atoms with Crippen molar-refractivity contribution in [3.8, 4) is 0 Å². The van der Waals surface area contributed by atoms with Crippen molar-refractivity contribution in [3.05, 3.63) is 0 Å². The highest BCUT2D eigenvalue weighted by Crippen LogP contribution is 2.44. The molecule has 0 heterocycles. The number of hydrogen-bond acceptors (Lipinski definition) is 2. The van der Waals surface area contributed by atoms with E-state index < -0.39 is 0 Å². The maximum atomic E-state index is 11.0. The summed E-state index contributed by atoms with van der Waals surface area (Å²) in [5, 5.41) is 0. The molecule has 0 N–H and O–H groups in total. The minimum atomic E-state index is -0.160. The first-order valence-electron chi connectivity index (χ1n) is 7.89. The second-order valence-electron chi connectivity index (χ2n) is 7.47. The molecule has 0 aromatic heterocycles. The van der Waals surface area contributed by atoms with E-state index in [1.54, 1.807) is 0 Å². The van der Waals surface area contributed by atoms with Gasteiger partial charge in [-0.05, 0) is 62.2 Å². The van der Waals surface area contributed by atoms with Crippen LogP contribution in [0, 0.1) is 23.2 Å². The average molecular weight is 268 g/mol. The van der Waals surface area contributed by atoms with Crippen LogP contribution in [0.5, 0.6) is 0 Å². The van der Waals surface area contributed by atoms with Crippen LogP contribution < -0.4 is 0 Å². The molecule has 19 heavy (non-hydrogen) atoms. The van der Waals surface area contributed by atoms with Gasteiger partial charge in [-0.15, -0.1) is 0 Å². The lowest BCUT2D eigenvalue weighted by Crippen LogP contribution is -2.33. The molecule has 1 fully saturated rings. The molecular weight excluding hydrogens is 236 g/mol. The van der Waals surface area contributed by atoms with Gasteiger partial charge < -0.3 is 4.74 Å². The van der Waals surface area contributed by atoms with Gasteiger partial charge in [0.25, 0.3) is 0 Å². The summed E-state index contributed by atoms with van der Waals surface area (Å²) < 4.78 is 5.30. The lowest BCUT2D eigenvalue weighted by atomic mass is 9.65. The van der Waals surface area contributed by atoms with Crippen LogP contribution in [-0.4, -0.2) is 12.1 Å². The van der Waals surface area contributed by atoms with E-state index in [0.717, 1.165) is 24.2 Å². The quantitative estimate of drug-likeness (QED) is 0.668. The van der Waals surface area contributed by atoms with Crippen molar-refractivity contribution < 1.29 is 9.53 Å². The molecule has 0 amide bonds. The van der Waals surface area contributed by atoms with Gasteiger partial charge in [0.15, 0.2) is 0 Å². The average Bonchev–Trinajstić information content (AvgIpc) is 2.27. The number of hydrogen-bond donors (Lipinski definition) is 0. The van der Waals surface area contributed by atoms with Crippen LogP contribution in [-0.2, 0) is 9.53 Å². The van der Waals surface area contributed by atoms with Gasteiger partial charge in [-0.25, -0.2) is 0 Å². The Morgan fingerprint density at radius 1 is 1.16 bits per heavy atom.